The highest BCUT2D eigenvalue weighted by molar-refractivity contribution is 7.11. The van der Waals surface area contributed by atoms with Crippen LogP contribution in [0.25, 0.3) is 27.8 Å². The normalized spacial score (nSPS) is 12.3. The van der Waals surface area contributed by atoms with Gasteiger partial charge in [-0.25, -0.2) is 4.98 Å². The van der Waals surface area contributed by atoms with Gasteiger partial charge in [-0.05, 0) is 57.2 Å². The van der Waals surface area contributed by atoms with Gasteiger partial charge in [0.1, 0.15) is 11.3 Å². The van der Waals surface area contributed by atoms with Gasteiger partial charge in [-0.3, -0.25) is 0 Å². The highest BCUT2D eigenvalue weighted by Crippen LogP contribution is 2.31. The first-order valence-electron chi connectivity index (χ1n) is 7.94. The lowest BCUT2D eigenvalue weighted by Gasteiger charge is -1.98. The number of aromatic nitrogens is 1. The summed E-state index contributed by atoms with van der Waals surface area (Å²) in [7, 11) is 0. The largest absolute Gasteiger partial charge is 0.456 e. The number of hydrogen-bond donors (Lipinski definition) is 1. The van der Waals surface area contributed by atoms with E-state index in [1.807, 2.05) is 13.0 Å². The number of fused-ring (bicyclic) bond motifs is 1. The standard InChI is InChI=1S/C19H22N2OS/c1-5-20-9-8-12(2)18-11-16-10-15(6-7-17(16)22-18)19-13(3)23-14(4)21-19/h6-8,10-11,20H,5,9H2,1-4H3/b12-8+. The number of benzene rings is 1. The van der Waals surface area contributed by atoms with Crippen LogP contribution in [0.15, 0.2) is 34.8 Å². The number of aryl methyl sites for hydroxylation is 2. The monoisotopic (exact) mass is 326 g/mol. The van der Waals surface area contributed by atoms with E-state index in [2.05, 4.69) is 55.3 Å². The molecule has 0 aliphatic carbocycles. The quantitative estimate of drug-likeness (QED) is 0.656. The summed E-state index contributed by atoms with van der Waals surface area (Å²) in [5.74, 6) is 0.932. The van der Waals surface area contributed by atoms with E-state index in [4.69, 9.17) is 4.42 Å². The van der Waals surface area contributed by atoms with Crippen LogP contribution in [-0.2, 0) is 0 Å². The van der Waals surface area contributed by atoms with Gasteiger partial charge in [0.05, 0.1) is 10.7 Å². The van der Waals surface area contributed by atoms with Gasteiger partial charge < -0.3 is 9.73 Å². The highest BCUT2D eigenvalue weighted by Gasteiger charge is 2.11. The smallest absolute Gasteiger partial charge is 0.134 e. The maximum absolute atomic E-state index is 5.97. The molecule has 0 atom stereocenters. The lowest BCUT2D eigenvalue weighted by molar-refractivity contribution is 0.599. The second-order valence-electron chi connectivity index (χ2n) is 5.70. The summed E-state index contributed by atoms with van der Waals surface area (Å²) >= 11 is 1.74. The van der Waals surface area contributed by atoms with Crippen molar-refractivity contribution < 1.29 is 4.42 Å². The van der Waals surface area contributed by atoms with Crippen molar-refractivity contribution in [2.75, 3.05) is 13.1 Å². The minimum Gasteiger partial charge on any atom is -0.456 e. The molecule has 0 aliphatic rings. The van der Waals surface area contributed by atoms with Gasteiger partial charge in [-0.15, -0.1) is 11.3 Å². The van der Waals surface area contributed by atoms with Crippen LogP contribution in [0.3, 0.4) is 0 Å². The number of rotatable bonds is 5. The molecule has 0 fully saturated rings. The van der Waals surface area contributed by atoms with Gasteiger partial charge in [0.2, 0.25) is 0 Å². The number of thiazole rings is 1. The van der Waals surface area contributed by atoms with Gasteiger partial charge in [0.25, 0.3) is 0 Å². The van der Waals surface area contributed by atoms with Crippen LogP contribution in [0.4, 0.5) is 0 Å². The van der Waals surface area contributed by atoms with Crippen molar-refractivity contribution in [3.8, 4) is 11.3 Å². The molecular weight excluding hydrogens is 304 g/mol. The second-order valence-corrected chi connectivity index (χ2v) is 7.10. The first kappa shape index (κ1) is 16.0. The lowest BCUT2D eigenvalue weighted by Crippen LogP contribution is -2.11. The number of furan rings is 1. The first-order chi connectivity index (χ1) is 11.1. The number of nitrogens with zero attached hydrogens (tertiary/aromatic N) is 1. The fraction of sp³-hybridized carbons (Fsp3) is 0.316. The first-order valence-corrected chi connectivity index (χ1v) is 8.76. The average Bonchev–Trinajstić information content (AvgIpc) is 3.09. The molecule has 2 aromatic heterocycles. The summed E-state index contributed by atoms with van der Waals surface area (Å²) in [6, 6.07) is 8.42. The Morgan fingerprint density at radius 1 is 1.30 bits per heavy atom. The maximum atomic E-state index is 5.97. The fourth-order valence-electron chi connectivity index (χ4n) is 2.65. The molecule has 2 heterocycles. The Balaban J connectivity index is 1.95. The van der Waals surface area contributed by atoms with Crippen LogP contribution in [0.1, 0.15) is 29.5 Å². The molecule has 0 saturated heterocycles. The third kappa shape index (κ3) is 3.38. The zero-order valence-corrected chi connectivity index (χ0v) is 14.9. The number of allylic oxidation sites excluding steroid dienone is 1. The SMILES string of the molecule is CCNC/C=C(\C)c1cc2cc(-c3nc(C)sc3C)ccc2o1. The number of likely N-dealkylation sites (N-methyl/N-ethyl adjacent to an activating group) is 1. The Labute approximate surface area is 141 Å². The van der Waals surface area contributed by atoms with E-state index in [-0.39, 0.29) is 0 Å². The summed E-state index contributed by atoms with van der Waals surface area (Å²) in [5, 5.41) is 5.52. The predicted octanol–water partition coefficient (Wildman–Crippen LogP) is 5.19. The van der Waals surface area contributed by atoms with Crippen molar-refractivity contribution in [1.82, 2.24) is 10.3 Å². The minimum atomic E-state index is 0.863. The lowest BCUT2D eigenvalue weighted by atomic mass is 10.1. The Morgan fingerprint density at radius 3 is 2.83 bits per heavy atom. The Morgan fingerprint density at radius 2 is 2.13 bits per heavy atom. The van der Waals surface area contributed by atoms with Crippen LogP contribution in [0, 0.1) is 13.8 Å². The van der Waals surface area contributed by atoms with E-state index < -0.39 is 0 Å². The molecule has 23 heavy (non-hydrogen) atoms. The molecule has 0 radical (unpaired) electrons. The van der Waals surface area contributed by atoms with E-state index in [0.29, 0.717) is 0 Å². The van der Waals surface area contributed by atoms with Gasteiger partial charge >= 0.3 is 0 Å². The van der Waals surface area contributed by atoms with Gasteiger partial charge in [-0.2, -0.15) is 0 Å². The summed E-state index contributed by atoms with van der Waals surface area (Å²) in [6.45, 7) is 10.2. The van der Waals surface area contributed by atoms with Crippen molar-refractivity contribution in [2.24, 2.45) is 0 Å². The molecular formula is C19H22N2OS. The van der Waals surface area contributed by atoms with Crippen LogP contribution in [0.5, 0.6) is 0 Å². The van der Waals surface area contributed by atoms with Gasteiger partial charge in [0.15, 0.2) is 0 Å². The van der Waals surface area contributed by atoms with Crippen LogP contribution < -0.4 is 5.32 Å². The van der Waals surface area contributed by atoms with Crippen LogP contribution in [0.2, 0.25) is 0 Å². The van der Waals surface area contributed by atoms with Crippen molar-refractivity contribution in [3.05, 3.63) is 46.0 Å². The Hall–Kier alpha value is -1.91. The van der Waals surface area contributed by atoms with Crippen LogP contribution in [-0.4, -0.2) is 18.1 Å². The molecule has 3 aromatic rings. The minimum absolute atomic E-state index is 0.863. The van der Waals surface area contributed by atoms with Crippen molar-refractivity contribution in [1.29, 1.82) is 0 Å². The molecule has 0 amide bonds. The maximum Gasteiger partial charge on any atom is 0.134 e. The molecule has 3 nitrogen and oxygen atoms in total. The van der Waals surface area contributed by atoms with Crippen molar-refractivity contribution in [3.63, 3.8) is 0 Å². The second kappa shape index (κ2) is 6.69. The molecule has 0 saturated carbocycles. The van der Waals surface area contributed by atoms with E-state index >= 15 is 0 Å². The number of nitrogens with one attached hydrogen (secondary N) is 1. The average molecular weight is 326 g/mol. The highest BCUT2D eigenvalue weighted by atomic mass is 32.1. The van der Waals surface area contributed by atoms with E-state index in [1.165, 1.54) is 4.88 Å². The molecule has 0 aliphatic heterocycles. The third-order valence-electron chi connectivity index (χ3n) is 3.88. The number of hydrogen-bond acceptors (Lipinski definition) is 4. The fourth-order valence-corrected chi connectivity index (χ4v) is 3.49. The molecule has 0 unspecified atom stereocenters. The van der Waals surface area contributed by atoms with Crippen molar-refractivity contribution in [2.45, 2.75) is 27.7 Å². The third-order valence-corrected chi connectivity index (χ3v) is 4.77. The summed E-state index contributed by atoms with van der Waals surface area (Å²) in [6.07, 6.45) is 2.16. The molecule has 1 N–H and O–H groups in total. The van der Waals surface area contributed by atoms with E-state index in [0.717, 1.165) is 51.7 Å². The Kier molecular flexibility index (Phi) is 4.64. The predicted molar refractivity (Wildman–Crippen MR) is 99.0 cm³/mol. The van der Waals surface area contributed by atoms with Gasteiger partial charge in [-0.1, -0.05) is 13.0 Å². The van der Waals surface area contributed by atoms with Crippen molar-refractivity contribution >= 4 is 27.9 Å². The Bertz CT molecular complexity index is 858. The molecule has 0 bridgehead atoms. The topological polar surface area (TPSA) is 38.1 Å². The summed E-state index contributed by atoms with van der Waals surface area (Å²) in [4.78, 5) is 5.90. The van der Waals surface area contributed by atoms with E-state index in [1.54, 1.807) is 11.3 Å². The van der Waals surface area contributed by atoms with Gasteiger partial charge in [0, 0.05) is 22.4 Å². The summed E-state index contributed by atoms with van der Waals surface area (Å²) in [5.41, 5.74) is 4.31. The van der Waals surface area contributed by atoms with E-state index in [9.17, 15) is 0 Å². The van der Waals surface area contributed by atoms with Crippen LogP contribution >= 0.6 is 11.3 Å². The molecule has 1 aromatic carbocycles. The molecule has 120 valence electrons. The zero-order chi connectivity index (χ0) is 16.4. The summed E-state index contributed by atoms with van der Waals surface area (Å²) < 4.78 is 5.97. The molecule has 0 spiro atoms. The molecule has 3 rings (SSSR count). The zero-order valence-electron chi connectivity index (χ0n) is 14.1. The molecule has 4 heteroatoms.